The summed E-state index contributed by atoms with van der Waals surface area (Å²) in [6.45, 7) is 8.75. The molecule has 6 nitrogen and oxygen atoms in total. The molecule has 0 spiro atoms. The number of halogens is 1. The van der Waals surface area contributed by atoms with Gasteiger partial charge in [0, 0.05) is 51.9 Å². The summed E-state index contributed by atoms with van der Waals surface area (Å²) in [5.41, 5.74) is 1.91. The Morgan fingerprint density at radius 2 is 1.68 bits per heavy atom. The highest BCUT2D eigenvalue weighted by atomic mass is 127. The summed E-state index contributed by atoms with van der Waals surface area (Å²) in [5.74, 6) is 0.775. The van der Waals surface area contributed by atoms with Gasteiger partial charge in [0.1, 0.15) is 0 Å². The van der Waals surface area contributed by atoms with Crippen LogP contribution in [0, 0.1) is 0 Å². The van der Waals surface area contributed by atoms with Crippen molar-refractivity contribution < 1.29 is 4.79 Å². The average Bonchev–Trinajstić information content (AvgIpc) is 2.53. The third kappa shape index (κ3) is 9.64. The van der Waals surface area contributed by atoms with Crippen LogP contribution in [0.1, 0.15) is 36.7 Å². The van der Waals surface area contributed by atoms with Gasteiger partial charge in [-0.15, -0.1) is 24.0 Å². The molecule has 7 heteroatoms. The molecule has 142 valence electrons. The van der Waals surface area contributed by atoms with E-state index in [0.29, 0.717) is 12.1 Å². The summed E-state index contributed by atoms with van der Waals surface area (Å²) in [6, 6.07) is 7.61. The van der Waals surface area contributed by atoms with E-state index in [4.69, 9.17) is 0 Å². The second-order valence-corrected chi connectivity index (χ2v) is 6.93. The van der Waals surface area contributed by atoms with Gasteiger partial charge in [0.2, 0.25) is 0 Å². The lowest BCUT2D eigenvalue weighted by Crippen LogP contribution is -2.44. The molecule has 0 saturated carbocycles. The number of carbonyl (C=O) groups excluding carboxylic acids is 1. The van der Waals surface area contributed by atoms with Crippen molar-refractivity contribution in [3.05, 3.63) is 35.4 Å². The van der Waals surface area contributed by atoms with Crippen molar-refractivity contribution in [1.29, 1.82) is 0 Å². The lowest BCUT2D eigenvalue weighted by molar-refractivity contribution is 0.0827. The normalized spacial score (nSPS) is 11.5. The van der Waals surface area contributed by atoms with Crippen molar-refractivity contribution in [2.75, 3.05) is 34.2 Å². The monoisotopic (exact) mass is 461 g/mol. The summed E-state index contributed by atoms with van der Waals surface area (Å²) < 4.78 is 0. The van der Waals surface area contributed by atoms with E-state index in [0.717, 1.165) is 24.6 Å². The fourth-order valence-electron chi connectivity index (χ4n) is 2.05. The Kier molecular flexibility index (Phi) is 10.7. The van der Waals surface area contributed by atoms with Crippen LogP contribution in [-0.4, -0.2) is 56.5 Å². The molecule has 0 heterocycles. The first-order valence-corrected chi connectivity index (χ1v) is 8.23. The van der Waals surface area contributed by atoms with Crippen LogP contribution in [0.25, 0.3) is 0 Å². The number of amides is 1. The SMILES string of the molecule is CN=C(NCCNC(C)(C)C)NCc1ccc(C(=O)N(C)C)cc1.I. The Morgan fingerprint density at radius 1 is 1.08 bits per heavy atom. The van der Waals surface area contributed by atoms with Crippen molar-refractivity contribution in [2.45, 2.75) is 32.9 Å². The van der Waals surface area contributed by atoms with Crippen LogP contribution >= 0.6 is 24.0 Å². The summed E-state index contributed by atoms with van der Waals surface area (Å²) in [6.07, 6.45) is 0. The van der Waals surface area contributed by atoms with Crippen molar-refractivity contribution in [1.82, 2.24) is 20.9 Å². The minimum atomic E-state index is 0. The van der Waals surface area contributed by atoms with Crippen molar-refractivity contribution in [3.8, 4) is 0 Å². The third-order valence-electron chi connectivity index (χ3n) is 3.36. The Balaban J connectivity index is 0.00000576. The molecular formula is C18H32IN5O. The molecule has 1 amide bonds. The third-order valence-corrected chi connectivity index (χ3v) is 3.36. The average molecular weight is 461 g/mol. The number of benzene rings is 1. The summed E-state index contributed by atoms with van der Waals surface area (Å²) in [5, 5.41) is 9.96. The largest absolute Gasteiger partial charge is 0.355 e. The maximum absolute atomic E-state index is 11.9. The highest BCUT2D eigenvalue weighted by Crippen LogP contribution is 2.06. The van der Waals surface area contributed by atoms with Gasteiger partial charge in [-0.3, -0.25) is 9.79 Å². The first kappa shape index (κ1) is 23.6. The zero-order valence-corrected chi connectivity index (χ0v) is 18.5. The summed E-state index contributed by atoms with van der Waals surface area (Å²) >= 11 is 0. The smallest absolute Gasteiger partial charge is 0.253 e. The van der Waals surface area contributed by atoms with Crippen molar-refractivity contribution in [2.24, 2.45) is 4.99 Å². The lowest BCUT2D eigenvalue weighted by Gasteiger charge is -2.21. The fraction of sp³-hybridized carbons (Fsp3) is 0.556. The molecule has 0 saturated heterocycles. The molecule has 3 N–H and O–H groups in total. The molecule has 0 atom stereocenters. The Hall–Kier alpha value is -1.35. The first-order chi connectivity index (χ1) is 11.2. The molecular weight excluding hydrogens is 429 g/mol. The van der Waals surface area contributed by atoms with E-state index < -0.39 is 0 Å². The van der Waals surface area contributed by atoms with Gasteiger partial charge in [-0.05, 0) is 38.5 Å². The molecule has 0 radical (unpaired) electrons. The van der Waals surface area contributed by atoms with Crippen molar-refractivity contribution in [3.63, 3.8) is 0 Å². The zero-order valence-electron chi connectivity index (χ0n) is 16.1. The van der Waals surface area contributed by atoms with Crippen LogP contribution in [-0.2, 0) is 6.54 Å². The van der Waals surface area contributed by atoms with Crippen LogP contribution in [0.4, 0.5) is 0 Å². The van der Waals surface area contributed by atoms with E-state index in [2.05, 4.69) is 41.7 Å². The molecule has 0 aliphatic carbocycles. The van der Waals surface area contributed by atoms with E-state index >= 15 is 0 Å². The Bertz CT molecular complexity index is 550. The van der Waals surface area contributed by atoms with Crippen LogP contribution < -0.4 is 16.0 Å². The van der Waals surface area contributed by atoms with Gasteiger partial charge < -0.3 is 20.9 Å². The number of rotatable bonds is 6. The Morgan fingerprint density at radius 3 is 2.16 bits per heavy atom. The van der Waals surface area contributed by atoms with Gasteiger partial charge in [-0.1, -0.05) is 12.1 Å². The summed E-state index contributed by atoms with van der Waals surface area (Å²) in [7, 11) is 5.26. The summed E-state index contributed by atoms with van der Waals surface area (Å²) in [4.78, 5) is 17.6. The van der Waals surface area contributed by atoms with Crippen LogP contribution in [0.5, 0.6) is 0 Å². The number of hydrogen-bond acceptors (Lipinski definition) is 3. The highest BCUT2D eigenvalue weighted by Gasteiger charge is 2.08. The fourth-order valence-corrected chi connectivity index (χ4v) is 2.05. The maximum Gasteiger partial charge on any atom is 0.253 e. The standard InChI is InChI=1S/C18H31N5O.HI/c1-18(2,3)22-12-11-20-17(19-4)21-13-14-7-9-15(10-8-14)16(24)23(5)6;/h7-10,22H,11-13H2,1-6H3,(H2,19,20,21);1H. The predicted octanol–water partition coefficient (Wildman–Crippen LogP) is 2.06. The molecule has 0 bridgehead atoms. The van der Waals surface area contributed by atoms with Gasteiger partial charge in [0.15, 0.2) is 5.96 Å². The van der Waals surface area contributed by atoms with Gasteiger partial charge in [0.25, 0.3) is 5.91 Å². The van der Waals surface area contributed by atoms with E-state index in [1.165, 1.54) is 0 Å². The second-order valence-electron chi connectivity index (χ2n) is 6.93. The molecule has 0 aliphatic rings. The van der Waals surface area contributed by atoms with E-state index in [1.807, 2.05) is 24.3 Å². The first-order valence-electron chi connectivity index (χ1n) is 8.23. The minimum Gasteiger partial charge on any atom is -0.355 e. The zero-order chi connectivity index (χ0) is 18.2. The van der Waals surface area contributed by atoms with E-state index in [9.17, 15) is 4.79 Å². The molecule has 1 rings (SSSR count). The van der Waals surface area contributed by atoms with Gasteiger partial charge in [-0.2, -0.15) is 0 Å². The van der Waals surface area contributed by atoms with E-state index in [-0.39, 0.29) is 35.4 Å². The second kappa shape index (κ2) is 11.3. The Labute approximate surface area is 168 Å². The number of guanidine groups is 1. The lowest BCUT2D eigenvalue weighted by atomic mass is 10.1. The number of carbonyl (C=O) groups is 1. The number of nitrogens with zero attached hydrogens (tertiary/aromatic N) is 2. The van der Waals surface area contributed by atoms with Gasteiger partial charge in [-0.25, -0.2) is 0 Å². The molecule has 0 unspecified atom stereocenters. The van der Waals surface area contributed by atoms with Crippen LogP contribution in [0.3, 0.4) is 0 Å². The van der Waals surface area contributed by atoms with Crippen molar-refractivity contribution >= 4 is 35.8 Å². The highest BCUT2D eigenvalue weighted by molar-refractivity contribution is 14.0. The molecule has 1 aromatic rings. The number of aliphatic imine (C=N–C) groups is 1. The minimum absolute atomic E-state index is 0. The molecule has 0 aromatic heterocycles. The topological polar surface area (TPSA) is 68.8 Å². The van der Waals surface area contributed by atoms with Gasteiger partial charge >= 0.3 is 0 Å². The predicted molar refractivity (Wildman–Crippen MR) is 116 cm³/mol. The van der Waals surface area contributed by atoms with Crippen LogP contribution in [0.2, 0.25) is 0 Å². The molecule has 0 fully saturated rings. The molecule has 0 aliphatic heterocycles. The number of nitrogens with one attached hydrogen (secondary N) is 3. The van der Waals surface area contributed by atoms with Gasteiger partial charge in [0.05, 0.1) is 0 Å². The molecule has 25 heavy (non-hydrogen) atoms. The van der Waals surface area contributed by atoms with E-state index in [1.54, 1.807) is 26.0 Å². The number of hydrogen-bond donors (Lipinski definition) is 3. The quantitative estimate of drug-likeness (QED) is 0.263. The van der Waals surface area contributed by atoms with Crippen LogP contribution in [0.15, 0.2) is 29.3 Å². The maximum atomic E-state index is 11.9. The molecule has 1 aromatic carbocycles.